The molecular formula is C10H9O4-. The number of carboxylic acids is 1. The second-order valence-electron chi connectivity index (χ2n) is 3.13. The molecule has 4 heteroatoms. The van der Waals surface area contributed by atoms with E-state index in [1.54, 1.807) is 31.2 Å². The zero-order valence-electron chi connectivity index (χ0n) is 7.60. The summed E-state index contributed by atoms with van der Waals surface area (Å²) >= 11 is 0. The van der Waals surface area contributed by atoms with Gasteiger partial charge in [-0.05, 0) is 19.1 Å². The SMILES string of the molecule is C[C@H]1Oc2ccccc2O[C@H]1C(=O)[O-]. The first-order valence-electron chi connectivity index (χ1n) is 4.31. The van der Waals surface area contributed by atoms with Crippen LogP contribution in [0.5, 0.6) is 11.5 Å². The molecule has 0 saturated carbocycles. The fraction of sp³-hybridized carbons (Fsp3) is 0.300. The largest absolute Gasteiger partial charge is 0.546 e. The van der Waals surface area contributed by atoms with Crippen molar-refractivity contribution in [1.29, 1.82) is 0 Å². The third-order valence-corrected chi connectivity index (χ3v) is 2.07. The maximum atomic E-state index is 10.7. The summed E-state index contributed by atoms with van der Waals surface area (Å²) < 4.78 is 10.6. The minimum Gasteiger partial charge on any atom is -0.546 e. The van der Waals surface area contributed by atoms with Gasteiger partial charge in [-0.2, -0.15) is 0 Å². The molecule has 2 atom stereocenters. The summed E-state index contributed by atoms with van der Waals surface area (Å²) in [5.74, 6) is -0.246. The van der Waals surface area contributed by atoms with Gasteiger partial charge in [0.25, 0.3) is 0 Å². The van der Waals surface area contributed by atoms with E-state index in [0.717, 1.165) is 0 Å². The maximum Gasteiger partial charge on any atom is 0.174 e. The second-order valence-corrected chi connectivity index (χ2v) is 3.13. The summed E-state index contributed by atoms with van der Waals surface area (Å²) in [5, 5.41) is 10.7. The van der Waals surface area contributed by atoms with E-state index in [1.165, 1.54) is 0 Å². The molecule has 1 aliphatic rings. The summed E-state index contributed by atoms with van der Waals surface area (Å²) in [4.78, 5) is 10.7. The van der Waals surface area contributed by atoms with Crippen LogP contribution in [0.15, 0.2) is 24.3 Å². The lowest BCUT2D eigenvalue weighted by atomic mass is 10.2. The van der Waals surface area contributed by atoms with E-state index >= 15 is 0 Å². The molecule has 1 aromatic rings. The van der Waals surface area contributed by atoms with Gasteiger partial charge in [0.15, 0.2) is 17.6 Å². The molecule has 74 valence electrons. The lowest BCUT2D eigenvalue weighted by Crippen LogP contribution is -2.50. The van der Waals surface area contributed by atoms with Gasteiger partial charge < -0.3 is 19.4 Å². The number of hydrogen-bond donors (Lipinski definition) is 0. The van der Waals surface area contributed by atoms with E-state index in [2.05, 4.69) is 0 Å². The number of para-hydroxylation sites is 2. The van der Waals surface area contributed by atoms with Crippen LogP contribution in [0.3, 0.4) is 0 Å². The van der Waals surface area contributed by atoms with Crippen LogP contribution in [0.1, 0.15) is 6.92 Å². The molecule has 1 aromatic carbocycles. The number of aliphatic carboxylic acids is 1. The van der Waals surface area contributed by atoms with Crippen LogP contribution in [0, 0.1) is 0 Å². The molecule has 0 unspecified atom stereocenters. The Morgan fingerprint density at radius 2 is 1.86 bits per heavy atom. The van der Waals surface area contributed by atoms with Gasteiger partial charge in [0, 0.05) is 0 Å². The molecule has 0 bridgehead atoms. The van der Waals surface area contributed by atoms with Crippen molar-refractivity contribution in [2.75, 3.05) is 0 Å². The highest BCUT2D eigenvalue weighted by molar-refractivity contribution is 5.72. The van der Waals surface area contributed by atoms with Crippen LogP contribution in [-0.2, 0) is 4.79 Å². The Hall–Kier alpha value is -1.71. The van der Waals surface area contributed by atoms with Gasteiger partial charge in [-0.15, -0.1) is 0 Å². The van der Waals surface area contributed by atoms with E-state index in [9.17, 15) is 9.90 Å². The van der Waals surface area contributed by atoms with Gasteiger partial charge in [0.1, 0.15) is 6.10 Å². The monoisotopic (exact) mass is 193 g/mol. The normalized spacial score (nSPS) is 24.4. The summed E-state index contributed by atoms with van der Waals surface area (Å²) in [7, 11) is 0. The lowest BCUT2D eigenvalue weighted by Gasteiger charge is -2.32. The van der Waals surface area contributed by atoms with Gasteiger partial charge in [0.05, 0.1) is 5.97 Å². The highest BCUT2D eigenvalue weighted by Gasteiger charge is 2.28. The molecule has 0 N–H and O–H groups in total. The third kappa shape index (κ3) is 1.39. The predicted octanol–water partition coefficient (Wildman–Crippen LogP) is -0.0352. The maximum absolute atomic E-state index is 10.7. The van der Waals surface area contributed by atoms with E-state index in [4.69, 9.17) is 9.47 Å². The van der Waals surface area contributed by atoms with Crippen LogP contribution >= 0.6 is 0 Å². The van der Waals surface area contributed by atoms with Crippen molar-refractivity contribution in [2.24, 2.45) is 0 Å². The lowest BCUT2D eigenvalue weighted by molar-refractivity contribution is -0.316. The molecule has 0 aliphatic carbocycles. The molecule has 0 spiro atoms. The average Bonchev–Trinajstić information content (AvgIpc) is 2.16. The number of benzene rings is 1. The molecule has 2 rings (SSSR count). The van der Waals surface area contributed by atoms with Crippen LogP contribution < -0.4 is 14.6 Å². The Balaban J connectivity index is 2.31. The van der Waals surface area contributed by atoms with Gasteiger partial charge in [-0.25, -0.2) is 0 Å². The van der Waals surface area contributed by atoms with Crippen LogP contribution in [0.4, 0.5) is 0 Å². The molecule has 0 fully saturated rings. The minimum absolute atomic E-state index is 0.444. The summed E-state index contributed by atoms with van der Waals surface area (Å²) in [5.41, 5.74) is 0. The van der Waals surface area contributed by atoms with E-state index in [-0.39, 0.29) is 0 Å². The molecule has 0 radical (unpaired) electrons. The molecule has 1 aliphatic heterocycles. The summed E-state index contributed by atoms with van der Waals surface area (Å²) in [6, 6.07) is 6.95. The molecule has 0 aromatic heterocycles. The van der Waals surface area contributed by atoms with Crippen LogP contribution in [-0.4, -0.2) is 18.2 Å². The first-order valence-corrected chi connectivity index (χ1v) is 4.31. The molecule has 0 amide bonds. The molecule has 1 heterocycles. The van der Waals surface area contributed by atoms with Crippen molar-refractivity contribution in [3.63, 3.8) is 0 Å². The first kappa shape index (κ1) is 8.87. The molecule has 4 nitrogen and oxygen atoms in total. The fourth-order valence-electron chi connectivity index (χ4n) is 1.38. The predicted molar refractivity (Wildman–Crippen MR) is 46.0 cm³/mol. The van der Waals surface area contributed by atoms with Crippen molar-refractivity contribution in [3.05, 3.63) is 24.3 Å². The Labute approximate surface area is 81.1 Å². The van der Waals surface area contributed by atoms with Crippen molar-refractivity contribution < 1.29 is 19.4 Å². The van der Waals surface area contributed by atoms with Crippen molar-refractivity contribution in [1.82, 2.24) is 0 Å². The number of fused-ring (bicyclic) bond motifs is 1. The average molecular weight is 193 g/mol. The number of rotatable bonds is 1. The Morgan fingerprint density at radius 3 is 2.43 bits per heavy atom. The molecule has 14 heavy (non-hydrogen) atoms. The van der Waals surface area contributed by atoms with Crippen molar-refractivity contribution >= 4 is 5.97 Å². The standard InChI is InChI=1S/C10H10O4/c1-6-9(10(11)12)14-8-5-3-2-4-7(8)13-6/h2-6,9H,1H3,(H,11,12)/p-1/t6-,9-/m1/s1. The van der Waals surface area contributed by atoms with Crippen molar-refractivity contribution in [2.45, 2.75) is 19.1 Å². The van der Waals surface area contributed by atoms with Gasteiger partial charge >= 0.3 is 0 Å². The highest BCUT2D eigenvalue weighted by atomic mass is 16.6. The van der Waals surface area contributed by atoms with Gasteiger partial charge in [-0.3, -0.25) is 0 Å². The van der Waals surface area contributed by atoms with Crippen LogP contribution in [0.25, 0.3) is 0 Å². The van der Waals surface area contributed by atoms with Crippen molar-refractivity contribution in [3.8, 4) is 11.5 Å². The summed E-state index contributed by atoms with van der Waals surface area (Å²) in [6.07, 6.45) is -1.57. The zero-order valence-corrected chi connectivity index (χ0v) is 7.60. The number of ether oxygens (including phenoxy) is 2. The Bertz CT molecular complexity index is 361. The Kier molecular flexibility index (Phi) is 2.04. The fourth-order valence-corrected chi connectivity index (χ4v) is 1.38. The van der Waals surface area contributed by atoms with E-state index < -0.39 is 18.2 Å². The first-order chi connectivity index (χ1) is 6.68. The molecule has 0 saturated heterocycles. The smallest absolute Gasteiger partial charge is 0.174 e. The van der Waals surface area contributed by atoms with E-state index in [1.807, 2.05) is 0 Å². The number of hydrogen-bond acceptors (Lipinski definition) is 4. The molecular weight excluding hydrogens is 184 g/mol. The minimum atomic E-state index is -1.26. The third-order valence-electron chi connectivity index (χ3n) is 2.07. The zero-order chi connectivity index (χ0) is 10.1. The van der Waals surface area contributed by atoms with E-state index in [0.29, 0.717) is 11.5 Å². The van der Waals surface area contributed by atoms with Gasteiger partial charge in [0.2, 0.25) is 0 Å². The van der Waals surface area contributed by atoms with Crippen LogP contribution in [0.2, 0.25) is 0 Å². The summed E-state index contributed by atoms with van der Waals surface area (Å²) in [6.45, 7) is 1.64. The number of carboxylic acid groups (broad SMARTS) is 1. The Morgan fingerprint density at radius 1 is 1.29 bits per heavy atom. The number of carbonyl (C=O) groups excluding carboxylic acids is 1. The topological polar surface area (TPSA) is 58.6 Å². The quantitative estimate of drug-likeness (QED) is 0.628. The second kappa shape index (κ2) is 3.21. The highest BCUT2D eigenvalue weighted by Crippen LogP contribution is 2.33. The number of carbonyl (C=O) groups is 1. The van der Waals surface area contributed by atoms with Gasteiger partial charge in [-0.1, -0.05) is 12.1 Å².